The highest BCUT2D eigenvalue weighted by atomic mass is 35.5. The Kier molecular flexibility index (Phi) is 11.4. The van der Waals surface area contributed by atoms with Crippen LogP contribution in [0, 0.1) is 0 Å². The van der Waals surface area contributed by atoms with Gasteiger partial charge in [-0.25, -0.2) is 4.98 Å². The lowest BCUT2D eigenvalue weighted by Gasteiger charge is -2.27. The Hall–Kier alpha value is -1.55. The van der Waals surface area contributed by atoms with Crippen LogP contribution in [-0.2, 0) is 9.53 Å². The third-order valence-corrected chi connectivity index (χ3v) is 8.08. The number of aromatic nitrogens is 1. The molecule has 10 heteroatoms. The molecule has 190 valence electrons. The summed E-state index contributed by atoms with van der Waals surface area (Å²) in [6.07, 6.45) is 2.21. The number of hydrogen-bond donors (Lipinski definition) is 0. The van der Waals surface area contributed by atoms with E-state index in [1.807, 2.05) is 47.4 Å². The highest BCUT2D eigenvalue weighted by Crippen LogP contribution is 2.32. The number of amides is 1. The van der Waals surface area contributed by atoms with Gasteiger partial charge in [-0.1, -0.05) is 22.9 Å². The number of methoxy groups -OCH3 is 1. The average Bonchev–Trinajstić information content (AvgIpc) is 3.29. The minimum absolute atomic E-state index is 0. The Morgan fingerprint density at radius 2 is 1.97 bits per heavy atom. The maximum atomic E-state index is 13.3. The van der Waals surface area contributed by atoms with Gasteiger partial charge < -0.3 is 9.47 Å². The molecule has 0 aliphatic carbocycles. The van der Waals surface area contributed by atoms with Crippen molar-refractivity contribution in [3.63, 3.8) is 0 Å². The van der Waals surface area contributed by atoms with E-state index in [2.05, 4.69) is 4.90 Å². The number of anilines is 1. The predicted octanol–water partition coefficient (Wildman–Crippen LogP) is 6.01. The van der Waals surface area contributed by atoms with Crippen LogP contribution in [-0.4, -0.2) is 68.0 Å². The van der Waals surface area contributed by atoms with Crippen LogP contribution in [0.1, 0.15) is 19.3 Å². The van der Waals surface area contributed by atoms with Gasteiger partial charge in [0.05, 0.1) is 30.5 Å². The van der Waals surface area contributed by atoms with Crippen molar-refractivity contribution in [2.45, 2.75) is 24.2 Å². The zero-order valence-electron chi connectivity index (χ0n) is 19.8. The number of halogens is 2. The average molecular weight is 557 g/mol. The molecule has 0 radical (unpaired) electrons. The van der Waals surface area contributed by atoms with Crippen molar-refractivity contribution < 1.29 is 14.3 Å². The zero-order valence-corrected chi connectivity index (χ0v) is 23.0. The van der Waals surface area contributed by atoms with Crippen LogP contribution < -0.4 is 9.64 Å². The Labute approximate surface area is 226 Å². The molecule has 0 saturated carbocycles. The lowest BCUT2D eigenvalue weighted by molar-refractivity contribution is -0.118. The summed E-state index contributed by atoms with van der Waals surface area (Å²) >= 11 is 9.26. The monoisotopic (exact) mass is 555 g/mol. The second kappa shape index (κ2) is 14.3. The third-order valence-electron chi connectivity index (χ3n) is 5.69. The van der Waals surface area contributed by atoms with Crippen molar-refractivity contribution in [2.24, 2.45) is 0 Å². The number of thioether (sulfide) groups is 1. The van der Waals surface area contributed by atoms with E-state index >= 15 is 0 Å². The lowest BCUT2D eigenvalue weighted by atomic mass is 10.2. The molecule has 1 aromatic heterocycles. The molecular formula is C25H31Cl2N3O3S2. The van der Waals surface area contributed by atoms with Gasteiger partial charge in [0.2, 0.25) is 5.91 Å². The van der Waals surface area contributed by atoms with Crippen LogP contribution in [0.15, 0.2) is 47.4 Å². The first kappa shape index (κ1) is 28.0. The number of morpholine rings is 1. The van der Waals surface area contributed by atoms with Gasteiger partial charge in [0.1, 0.15) is 5.75 Å². The molecular weight excluding hydrogens is 525 g/mol. The summed E-state index contributed by atoms with van der Waals surface area (Å²) in [5.74, 6) is 1.81. The van der Waals surface area contributed by atoms with Gasteiger partial charge >= 0.3 is 0 Å². The van der Waals surface area contributed by atoms with Gasteiger partial charge in [0.15, 0.2) is 5.13 Å². The lowest BCUT2D eigenvalue weighted by Crippen LogP contribution is -2.39. The van der Waals surface area contributed by atoms with Crippen molar-refractivity contribution >= 4 is 68.4 Å². The molecule has 4 rings (SSSR count). The molecule has 1 fully saturated rings. The first-order valence-corrected chi connectivity index (χ1v) is 13.7. The molecule has 0 N–H and O–H groups in total. The summed E-state index contributed by atoms with van der Waals surface area (Å²) < 4.78 is 11.8. The fourth-order valence-electron chi connectivity index (χ4n) is 3.82. The predicted molar refractivity (Wildman–Crippen MR) is 149 cm³/mol. The quantitative estimate of drug-likeness (QED) is 0.213. The summed E-state index contributed by atoms with van der Waals surface area (Å²) in [6.45, 7) is 5.10. The van der Waals surface area contributed by atoms with E-state index in [1.165, 1.54) is 4.90 Å². The molecule has 0 spiro atoms. The number of hydrogen-bond acceptors (Lipinski definition) is 7. The SMILES string of the molecule is COc1ccc2nc(N(CCCN3CCOCC3)C(=O)CCCSc3ccc(Cl)cc3)sc2c1.Cl. The third kappa shape index (κ3) is 8.23. The molecule has 2 heterocycles. The van der Waals surface area contributed by atoms with E-state index < -0.39 is 0 Å². The number of carbonyl (C=O) groups excluding carboxylic acids is 1. The summed E-state index contributed by atoms with van der Waals surface area (Å²) in [5.41, 5.74) is 0.894. The highest BCUT2D eigenvalue weighted by molar-refractivity contribution is 7.99. The minimum atomic E-state index is 0. The largest absolute Gasteiger partial charge is 0.497 e. The molecule has 1 saturated heterocycles. The van der Waals surface area contributed by atoms with Crippen LogP contribution in [0.25, 0.3) is 10.2 Å². The maximum absolute atomic E-state index is 13.3. The summed E-state index contributed by atoms with van der Waals surface area (Å²) in [6, 6.07) is 13.7. The number of nitrogens with zero attached hydrogens (tertiary/aromatic N) is 3. The molecule has 0 atom stereocenters. The highest BCUT2D eigenvalue weighted by Gasteiger charge is 2.20. The van der Waals surface area contributed by atoms with Gasteiger partial charge in [-0.15, -0.1) is 24.2 Å². The van der Waals surface area contributed by atoms with Gasteiger partial charge in [-0.3, -0.25) is 14.6 Å². The number of fused-ring (bicyclic) bond motifs is 1. The molecule has 1 aliphatic heterocycles. The van der Waals surface area contributed by atoms with Crippen LogP contribution in [0.4, 0.5) is 5.13 Å². The van der Waals surface area contributed by atoms with Gasteiger partial charge in [0, 0.05) is 42.5 Å². The van der Waals surface area contributed by atoms with Crippen LogP contribution in [0.2, 0.25) is 5.02 Å². The molecule has 1 aliphatic rings. The smallest absolute Gasteiger partial charge is 0.228 e. The molecule has 0 unspecified atom stereocenters. The molecule has 1 amide bonds. The molecule has 0 bridgehead atoms. The fraction of sp³-hybridized carbons (Fsp3) is 0.440. The number of carbonyl (C=O) groups is 1. The first-order valence-electron chi connectivity index (χ1n) is 11.6. The Bertz CT molecular complexity index is 1080. The van der Waals surface area contributed by atoms with E-state index in [4.69, 9.17) is 26.1 Å². The molecule has 2 aromatic carbocycles. The summed E-state index contributed by atoms with van der Waals surface area (Å²) in [4.78, 5) is 23.5. The minimum Gasteiger partial charge on any atom is -0.497 e. The standard InChI is InChI=1S/C25H30ClN3O3S2.ClH/c1-31-20-7-10-22-23(18-20)34-25(27-22)29(12-3-11-28-13-15-32-16-14-28)24(30)4-2-17-33-21-8-5-19(26)6-9-21;/h5-10,18H,2-4,11-17H2,1H3;1H. The summed E-state index contributed by atoms with van der Waals surface area (Å²) in [5, 5.41) is 1.50. The number of ether oxygens (including phenoxy) is 2. The van der Waals surface area contributed by atoms with Crippen molar-refractivity contribution in [3.8, 4) is 5.75 Å². The number of thiazole rings is 1. The molecule has 35 heavy (non-hydrogen) atoms. The Balaban J connectivity index is 0.00000342. The first-order chi connectivity index (χ1) is 16.6. The van der Waals surface area contributed by atoms with E-state index in [-0.39, 0.29) is 18.3 Å². The van der Waals surface area contributed by atoms with E-state index in [0.717, 1.165) is 77.6 Å². The second-order valence-corrected chi connectivity index (χ2v) is 10.7. The molecule has 6 nitrogen and oxygen atoms in total. The van der Waals surface area contributed by atoms with Crippen LogP contribution >= 0.6 is 47.1 Å². The fourth-order valence-corrected chi connectivity index (χ4v) is 5.83. The van der Waals surface area contributed by atoms with E-state index in [9.17, 15) is 4.79 Å². The van der Waals surface area contributed by atoms with Crippen molar-refractivity contribution in [3.05, 3.63) is 47.5 Å². The van der Waals surface area contributed by atoms with Gasteiger partial charge in [0.25, 0.3) is 0 Å². The molecule has 3 aromatic rings. The van der Waals surface area contributed by atoms with E-state index in [1.54, 1.807) is 30.2 Å². The second-order valence-electron chi connectivity index (χ2n) is 8.09. The van der Waals surface area contributed by atoms with E-state index in [0.29, 0.717) is 13.0 Å². The summed E-state index contributed by atoms with van der Waals surface area (Å²) in [7, 11) is 1.66. The van der Waals surface area contributed by atoms with Gasteiger partial charge in [-0.2, -0.15) is 0 Å². The van der Waals surface area contributed by atoms with Crippen LogP contribution in [0.3, 0.4) is 0 Å². The topological polar surface area (TPSA) is 54.9 Å². The normalized spacial score (nSPS) is 14.0. The van der Waals surface area contributed by atoms with Crippen LogP contribution in [0.5, 0.6) is 5.75 Å². The number of rotatable bonds is 11. The number of benzene rings is 2. The van der Waals surface area contributed by atoms with Gasteiger partial charge in [-0.05, 0) is 61.1 Å². The Morgan fingerprint density at radius 1 is 1.20 bits per heavy atom. The zero-order chi connectivity index (χ0) is 23.8. The Morgan fingerprint density at radius 3 is 2.71 bits per heavy atom. The van der Waals surface area contributed by atoms with Crippen molar-refractivity contribution in [1.29, 1.82) is 0 Å². The maximum Gasteiger partial charge on any atom is 0.228 e. The van der Waals surface area contributed by atoms with Crippen molar-refractivity contribution in [1.82, 2.24) is 9.88 Å². The van der Waals surface area contributed by atoms with Crippen molar-refractivity contribution in [2.75, 3.05) is 57.2 Å².